The molecule has 0 bridgehead atoms. The molecule has 0 atom stereocenters. The molecule has 0 radical (unpaired) electrons. The van der Waals surface area contributed by atoms with Crippen molar-refractivity contribution < 1.29 is 0 Å². The summed E-state index contributed by atoms with van der Waals surface area (Å²) in [5.41, 5.74) is 10.0. The number of imidazole rings is 1. The standard InChI is InChI=1S/C52H38N8/c1-34(2)35-27-29-40(30-28-35)52-53-44-25-15-16-26-45(44)60(52)43-32-41(50-56-46(36-17-7-3-8-18-36)54-47(57-50)37-19-9-4-10-20-37)31-42(33-43)51-58-48(38-21-11-5-12-22-38)55-49(59-51)39-23-13-6-14-24-39/h3-34H,1-2H3. The van der Waals surface area contributed by atoms with Gasteiger partial charge in [-0.15, -0.1) is 0 Å². The summed E-state index contributed by atoms with van der Waals surface area (Å²) in [6, 6.07) is 63.3. The molecular formula is C52H38N8. The zero-order valence-corrected chi connectivity index (χ0v) is 33.1. The lowest BCUT2D eigenvalue weighted by Gasteiger charge is -2.15. The van der Waals surface area contributed by atoms with Crippen LogP contribution in [-0.2, 0) is 0 Å². The van der Waals surface area contributed by atoms with E-state index >= 15 is 0 Å². The van der Waals surface area contributed by atoms with Crippen LogP contribution in [0.25, 0.3) is 96.4 Å². The van der Waals surface area contributed by atoms with Gasteiger partial charge in [0.05, 0.1) is 11.0 Å². The first kappa shape index (κ1) is 36.4. The summed E-state index contributed by atoms with van der Waals surface area (Å²) in [7, 11) is 0. The lowest BCUT2D eigenvalue weighted by molar-refractivity contribution is 0.867. The minimum absolute atomic E-state index is 0.404. The van der Waals surface area contributed by atoms with Gasteiger partial charge in [0.15, 0.2) is 34.9 Å². The van der Waals surface area contributed by atoms with E-state index in [0.29, 0.717) is 40.9 Å². The predicted octanol–water partition coefficient (Wildman–Crippen LogP) is 12.2. The highest BCUT2D eigenvalue weighted by Gasteiger charge is 2.21. The molecule has 8 nitrogen and oxygen atoms in total. The van der Waals surface area contributed by atoms with Crippen LogP contribution in [0.4, 0.5) is 0 Å². The largest absolute Gasteiger partial charge is 0.292 e. The number of hydrogen-bond donors (Lipinski definition) is 0. The molecular weight excluding hydrogens is 737 g/mol. The summed E-state index contributed by atoms with van der Waals surface area (Å²) in [6.07, 6.45) is 0. The zero-order valence-electron chi connectivity index (χ0n) is 33.1. The van der Waals surface area contributed by atoms with Gasteiger partial charge in [-0.05, 0) is 41.8 Å². The lowest BCUT2D eigenvalue weighted by Crippen LogP contribution is -2.04. The topological polar surface area (TPSA) is 95.2 Å². The summed E-state index contributed by atoms with van der Waals surface area (Å²) in [4.78, 5) is 35.8. The zero-order chi connectivity index (χ0) is 40.4. The van der Waals surface area contributed by atoms with Crippen LogP contribution in [0.3, 0.4) is 0 Å². The van der Waals surface area contributed by atoms with Crippen molar-refractivity contribution in [1.29, 1.82) is 0 Å². The number of aromatic nitrogens is 8. The number of nitrogens with zero attached hydrogens (tertiary/aromatic N) is 8. The molecule has 10 aromatic rings. The maximum atomic E-state index is 5.23. The molecule has 286 valence electrons. The van der Waals surface area contributed by atoms with Crippen LogP contribution in [0, 0.1) is 0 Å². The van der Waals surface area contributed by atoms with E-state index in [1.807, 2.05) is 133 Å². The Balaban J connectivity index is 1.26. The molecule has 0 fully saturated rings. The van der Waals surface area contributed by atoms with E-state index in [1.165, 1.54) is 5.56 Å². The van der Waals surface area contributed by atoms with Crippen molar-refractivity contribution in [2.45, 2.75) is 19.8 Å². The molecule has 3 aromatic heterocycles. The summed E-state index contributed by atoms with van der Waals surface area (Å²) < 4.78 is 2.21. The van der Waals surface area contributed by atoms with Gasteiger partial charge in [0.25, 0.3) is 0 Å². The molecule has 7 aromatic carbocycles. The van der Waals surface area contributed by atoms with Gasteiger partial charge >= 0.3 is 0 Å². The second-order valence-electron chi connectivity index (χ2n) is 14.9. The van der Waals surface area contributed by atoms with Crippen LogP contribution in [0.2, 0.25) is 0 Å². The van der Waals surface area contributed by atoms with Gasteiger partial charge in [-0.25, -0.2) is 34.9 Å². The van der Waals surface area contributed by atoms with E-state index in [4.69, 9.17) is 34.9 Å². The summed E-state index contributed by atoms with van der Waals surface area (Å²) in [6.45, 7) is 4.41. The normalized spacial score (nSPS) is 11.3. The average molecular weight is 775 g/mol. The quantitative estimate of drug-likeness (QED) is 0.144. The van der Waals surface area contributed by atoms with E-state index in [9.17, 15) is 0 Å². The minimum atomic E-state index is 0.404. The third kappa shape index (κ3) is 7.22. The Morgan fingerprint density at radius 2 is 0.700 bits per heavy atom. The Labute approximate surface area is 348 Å². The summed E-state index contributed by atoms with van der Waals surface area (Å²) >= 11 is 0. The second-order valence-corrected chi connectivity index (χ2v) is 14.9. The molecule has 0 aliphatic carbocycles. The van der Waals surface area contributed by atoms with Gasteiger partial charge in [-0.2, -0.15) is 0 Å². The van der Waals surface area contributed by atoms with E-state index in [0.717, 1.165) is 61.5 Å². The van der Waals surface area contributed by atoms with Crippen LogP contribution in [-0.4, -0.2) is 39.5 Å². The number of hydrogen-bond acceptors (Lipinski definition) is 7. The van der Waals surface area contributed by atoms with Gasteiger partial charge in [0.2, 0.25) is 0 Å². The highest BCUT2D eigenvalue weighted by Crippen LogP contribution is 2.36. The third-order valence-electron chi connectivity index (χ3n) is 10.5. The van der Waals surface area contributed by atoms with E-state index in [-0.39, 0.29) is 0 Å². The molecule has 8 heteroatoms. The molecule has 3 heterocycles. The Morgan fingerprint density at radius 1 is 0.333 bits per heavy atom. The van der Waals surface area contributed by atoms with Crippen LogP contribution < -0.4 is 0 Å². The SMILES string of the molecule is CC(C)c1ccc(-c2nc3ccccc3n2-c2cc(-c3nc(-c4ccccc4)nc(-c4ccccc4)n3)cc(-c3nc(-c4ccccc4)nc(-c4ccccc4)n3)c2)cc1. The van der Waals surface area contributed by atoms with Crippen molar-refractivity contribution in [2.75, 3.05) is 0 Å². The highest BCUT2D eigenvalue weighted by molar-refractivity contribution is 5.85. The summed E-state index contributed by atoms with van der Waals surface area (Å²) in [5.74, 6) is 4.53. The molecule has 0 saturated carbocycles. The Bertz CT molecular complexity index is 2830. The molecule has 0 spiro atoms. The van der Waals surface area contributed by atoms with Gasteiger partial charge in [-0.3, -0.25) is 4.57 Å². The van der Waals surface area contributed by atoms with Crippen molar-refractivity contribution >= 4 is 11.0 Å². The molecule has 0 unspecified atom stereocenters. The smallest absolute Gasteiger partial charge is 0.164 e. The molecule has 0 amide bonds. The monoisotopic (exact) mass is 774 g/mol. The number of rotatable bonds is 9. The van der Waals surface area contributed by atoms with E-state index in [2.05, 4.69) is 73.0 Å². The Morgan fingerprint density at radius 3 is 1.10 bits per heavy atom. The van der Waals surface area contributed by atoms with Crippen molar-refractivity contribution in [1.82, 2.24) is 39.5 Å². The number of fused-ring (bicyclic) bond motifs is 1. The predicted molar refractivity (Wildman–Crippen MR) is 240 cm³/mol. The van der Waals surface area contributed by atoms with Gasteiger partial charge in [-0.1, -0.05) is 172 Å². The third-order valence-corrected chi connectivity index (χ3v) is 10.5. The first-order valence-corrected chi connectivity index (χ1v) is 20.0. The van der Waals surface area contributed by atoms with Crippen LogP contribution >= 0.6 is 0 Å². The van der Waals surface area contributed by atoms with Crippen LogP contribution in [0.5, 0.6) is 0 Å². The Kier molecular flexibility index (Phi) is 9.55. The fourth-order valence-corrected chi connectivity index (χ4v) is 7.37. The second kappa shape index (κ2) is 15.8. The maximum absolute atomic E-state index is 5.23. The van der Waals surface area contributed by atoms with Gasteiger partial charge in [0.1, 0.15) is 5.82 Å². The number of para-hydroxylation sites is 2. The van der Waals surface area contributed by atoms with Crippen LogP contribution in [0.15, 0.2) is 188 Å². The molecule has 10 rings (SSSR count). The fraction of sp³-hybridized carbons (Fsp3) is 0.0577. The minimum Gasteiger partial charge on any atom is -0.292 e. The Hall–Kier alpha value is -7.97. The van der Waals surface area contributed by atoms with Gasteiger partial charge in [0, 0.05) is 44.6 Å². The summed E-state index contributed by atoms with van der Waals surface area (Å²) in [5, 5.41) is 0. The van der Waals surface area contributed by atoms with Gasteiger partial charge < -0.3 is 0 Å². The average Bonchev–Trinajstić information content (AvgIpc) is 3.72. The molecule has 0 saturated heterocycles. The first-order chi connectivity index (χ1) is 29.5. The van der Waals surface area contributed by atoms with Crippen LogP contribution in [0.1, 0.15) is 25.3 Å². The van der Waals surface area contributed by atoms with Crippen molar-refractivity contribution in [3.8, 4) is 85.4 Å². The van der Waals surface area contributed by atoms with Crippen molar-refractivity contribution in [3.05, 3.63) is 194 Å². The van der Waals surface area contributed by atoms with E-state index < -0.39 is 0 Å². The molecule has 0 aliphatic rings. The fourth-order valence-electron chi connectivity index (χ4n) is 7.37. The maximum Gasteiger partial charge on any atom is 0.164 e. The highest BCUT2D eigenvalue weighted by atomic mass is 15.1. The van der Waals surface area contributed by atoms with Crippen molar-refractivity contribution in [3.63, 3.8) is 0 Å². The molecule has 0 N–H and O–H groups in total. The number of benzene rings is 7. The van der Waals surface area contributed by atoms with E-state index in [1.54, 1.807) is 0 Å². The van der Waals surface area contributed by atoms with Crippen molar-refractivity contribution in [2.24, 2.45) is 0 Å². The lowest BCUT2D eigenvalue weighted by atomic mass is 10.0. The molecule has 60 heavy (non-hydrogen) atoms. The first-order valence-electron chi connectivity index (χ1n) is 20.0. The molecule has 0 aliphatic heterocycles.